The molecule has 0 N–H and O–H groups in total. The summed E-state index contributed by atoms with van der Waals surface area (Å²) < 4.78 is 5.96. The zero-order chi connectivity index (χ0) is 26.1. The molecule has 0 unspecified atom stereocenters. The van der Waals surface area contributed by atoms with Crippen LogP contribution in [-0.4, -0.2) is 16.0 Å². The second-order valence-corrected chi connectivity index (χ2v) is 9.79. The van der Waals surface area contributed by atoms with E-state index in [1.165, 1.54) is 17.8 Å². The lowest BCUT2D eigenvalue weighted by atomic mass is 10.1. The van der Waals surface area contributed by atoms with E-state index in [0.717, 1.165) is 22.5 Å². The first kappa shape index (κ1) is 24.3. The number of benzene rings is 3. The third-order valence-electron chi connectivity index (χ3n) is 5.95. The van der Waals surface area contributed by atoms with Crippen LogP contribution in [0.5, 0.6) is 0 Å². The Balaban J connectivity index is 1.50. The molecule has 2 heterocycles. The Morgan fingerprint density at radius 3 is 2.27 bits per heavy atom. The maximum Gasteiger partial charge on any atom is 0.273 e. The van der Waals surface area contributed by atoms with Gasteiger partial charge in [0.05, 0.1) is 21.2 Å². The number of aliphatic imine (C=N–C) groups is 1. The van der Waals surface area contributed by atoms with Gasteiger partial charge in [0.2, 0.25) is 0 Å². The van der Waals surface area contributed by atoms with Crippen molar-refractivity contribution in [1.82, 2.24) is 0 Å². The van der Waals surface area contributed by atoms with E-state index >= 15 is 0 Å². The van der Waals surface area contributed by atoms with Crippen molar-refractivity contribution in [1.29, 1.82) is 0 Å². The molecule has 1 fully saturated rings. The Labute approximate surface area is 218 Å². The lowest BCUT2D eigenvalue weighted by Gasteiger charge is -2.16. The second-order valence-electron chi connectivity index (χ2n) is 8.78. The molecule has 8 heteroatoms. The molecular formula is C29H23N3O4S. The van der Waals surface area contributed by atoms with Crippen LogP contribution in [0.1, 0.15) is 22.5 Å². The van der Waals surface area contributed by atoms with Gasteiger partial charge < -0.3 is 4.42 Å². The van der Waals surface area contributed by atoms with E-state index < -0.39 is 4.92 Å². The number of hydrogen-bond acceptors (Lipinski definition) is 6. The molecule has 7 nitrogen and oxygen atoms in total. The van der Waals surface area contributed by atoms with Crippen LogP contribution in [0.15, 0.2) is 93.2 Å². The number of thioether (sulfide) groups is 1. The van der Waals surface area contributed by atoms with Crippen molar-refractivity contribution in [2.45, 2.75) is 20.8 Å². The molecule has 1 saturated heterocycles. The quantitative estimate of drug-likeness (QED) is 0.157. The normalized spacial score (nSPS) is 15.6. The van der Waals surface area contributed by atoms with Crippen molar-refractivity contribution in [3.8, 4) is 11.3 Å². The molecule has 0 spiro atoms. The molecule has 0 saturated carbocycles. The predicted octanol–water partition coefficient (Wildman–Crippen LogP) is 7.59. The topological polar surface area (TPSA) is 89.0 Å². The molecule has 1 aliphatic rings. The van der Waals surface area contributed by atoms with Gasteiger partial charge >= 0.3 is 0 Å². The van der Waals surface area contributed by atoms with Gasteiger partial charge in [0.1, 0.15) is 11.5 Å². The summed E-state index contributed by atoms with van der Waals surface area (Å²) in [4.78, 5) is 31.3. The van der Waals surface area contributed by atoms with Crippen molar-refractivity contribution in [3.05, 3.63) is 116 Å². The van der Waals surface area contributed by atoms with Crippen molar-refractivity contribution in [2.24, 2.45) is 4.99 Å². The lowest BCUT2D eigenvalue weighted by molar-refractivity contribution is -0.385. The fourth-order valence-corrected chi connectivity index (χ4v) is 4.86. The zero-order valence-electron chi connectivity index (χ0n) is 20.5. The number of nitro groups is 1. The summed E-state index contributed by atoms with van der Waals surface area (Å²) in [5, 5.41) is 11.9. The number of anilines is 1. The summed E-state index contributed by atoms with van der Waals surface area (Å²) >= 11 is 1.27. The van der Waals surface area contributed by atoms with Crippen molar-refractivity contribution < 1.29 is 14.1 Å². The molecule has 1 aromatic heterocycles. The number of aryl methyl sites for hydroxylation is 3. The predicted molar refractivity (Wildman–Crippen MR) is 148 cm³/mol. The van der Waals surface area contributed by atoms with Crippen LogP contribution < -0.4 is 4.90 Å². The second kappa shape index (κ2) is 9.91. The lowest BCUT2D eigenvalue weighted by Crippen LogP contribution is -2.28. The Hall–Kier alpha value is -4.43. The molecule has 0 atom stereocenters. The third-order valence-corrected chi connectivity index (χ3v) is 6.92. The van der Waals surface area contributed by atoms with Crippen LogP contribution in [0.3, 0.4) is 0 Å². The van der Waals surface area contributed by atoms with E-state index in [0.29, 0.717) is 32.7 Å². The number of amidine groups is 1. The first-order valence-corrected chi connectivity index (χ1v) is 12.4. The number of hydrogen-bond donors (Lipinski definition) is 0. The number of nitro benzene ring substituents is 1. The molecule has 0 radical (unpaired) electrons. The van der Waals surface area contributed by atoms with Crippen molar-refractivity contribution in [3.63, 3.8) is 0 Å². The van der Waals surface area contributed by atoms with E-state index in [4.69, 9.17) is 9.41 Å². The first-order valence-electron chi connectivity index (χ1n) is 11.6. The molecule has 1 aliphatic heterocycles. The minimum Gasteiger partial charge on any atom is -0.457 e. The molecule has 5 rings (SSSR count). The Morgan fingerprint density at radius 2 is 1.59 bits per heavy atom. The van der Waals surface area contributed by atoms with Crippen LogP contribution in [0.2, 0.25) is 0 Å². The van der Waals surface area contributed by atoms with E-state index in [2.05, 4.69) is 0 Å². The van der Waals surface area contributed by atoms with E-state index in [1.807, 2.05) is 62.4 Å². The number of carbonyl (C=O) groups is 1. The molecule has 0 aliphatic carbocycles. The zero-order valence-corrected chi connectivity index (χ0v) is 21.3. The summed E-state index contributed by atoms with van der Waals surface area (Å²) in [7, 11) is 0. The van der Waals surface area contributed by atoms with Gasteiger partial charge in [0.15, 0.2) is 5.17 Å². The van der Waals surface area contributed by atoms with Crippen LogP contribution in [0.25, 0.3) is 17.4 Å². The van der Waals surface area contributed by atoms with Crippen LogP contribution in [-0.2, 0) is 4.79 Å². The summed E-state index contributed by atoms with van der Waals surface area (Å²) in [6.07, 6.45) is 1.68. The van der Waals surface area contributed by atoms with Gasteiger partial charge in [-0.25, -0.2) is 4.99 Å². The molecule has 3 aromatic carbocycles. The van der Waals surface area contributed by atoms with Gasteiger partial charge in [0, 0.05) is 23.3 Å². The van der Waals surface area contributed by atoms with Gasteiger partial charge in [-0.3, -0.25) is 19.8 Å². The molecule has 4 aromatic rings. The molecule has 0 bridgehead atoms. The molecule has 184 valence electrons. The monoisotopic (exact) mass is 509 g/mol. The van der Waals surface area contributed by atoms with Gasteiger partial charge in [0.25, 0.3) is 11.6 Å². The van der Waals surface area contributed by atoms with Gasteiger partial charge in [-0.2, -0.15) is 0 Å². The summed E-state index contributed by atoms with van der Waals surface area (Å²) in [5.41, 5.74) is 4.89. The van der Waals surface area contributed by atoms with E-state index in [9.17, 15) is 14.9 Å². The Bertz CT molecular complexity index is 1570. The Morgan fingerprint density at radius 1 is 0.919 bits per heavy atom. The summed E-state index contributed by atoms with van der Waals surface area (Å²) in [6.45, 7) is 5.70. The maximum absolute atomic E-state index is 13.5. The van der Waals surface area contributed by atoms with Gasteiger partial charge in [-0.15, -0.1) is 0 Å². The average molecular weight is 510 g/mol. The largest absolute Gasteiger partial charge is 0.457 e. The van der Waals surface area contributed by atoms with Gasteiger partial charge in [-0.05, 0) is 68.9 Å². The number of nitrogens with zero attached hydrogens (tertiary/aromatic N) is 3. The van der Waals surface area contributed by atoms with Crippen LogP contribution in [0, 0.1) is 30.9 Å². The standard InChI is InChI=1S/C29H23N3O4S/c1-18-4-10-22(11-5-18)30-29-31(23-12-6-19(2)7-13-23)28(33)27(37-29)17-24-14-15-26(36-24)21-9-8-20(3)25(16-21)32(34)35/h4-17H,1-3H3/b27-17+,30-29?. The average Bonchev–Trinajstić information content (AvgIpc) is 3.46. The summed E-state index contributed by atoms with van der Waals surface area (Å²) in [6, 6.07) is 24.0. The third kappa shape index (κ3) is 5.10. The maximum atomic E-state index is 13.5. The minimum absolute atomic E-state index is 0.0287. The van der Waals surface area contributed by atoms with E-state index in [-0.39, 0.29) is 11.6 Å². The molecular weight excluding hydrogens is 486 g/mol. The van der Waals surface area contributed by atoms with Crippen molar-refractivity contribution >= 4 is 46.0 Å². The van der Waals surface area contributed by atoms with Crippen LogP contribution >= 0.6 is 11.8 Å². The fourth-order valence-electron chi connectivity index (χ4n) is 3.87. The Kier molecular flexibility index (Phi) is 6.50. The number of rotatable bonds is 5. The summed E-state index contributed by atoms with van der Waals surface area (Å²) in [5.74, 6) is 0.743. The molecule has 1 amide bonds. The highest BCUT2D eigenvalue weighted by atomic mass is 32.2. The number of carbonyl (C=O) groups excluding carboxylic acids is 1. The van der Waals surface area contributed by atoms with Crippen molar-refractivity contribution in [2.75, 3.05) is 4.90 Å². The number of amides is 1. The van der Waals surface area contributed by atoms with Gasteiger partial charge in [-0.1, -0.05) is 47.5 Å². The highest BCUT2D eigenvalue weighted by Crippen LogP contribution is 2.38. The first-order chi connectivity index (χ1) is 17.8. The number of furan rings is 1. The highest BCUT2D eigenvalue weighted by molar-refractivity contribution is 8.19. The smallest absolute Gasteiger partial charge is 0.273 e. The van der Waals surface area contributed by atoms with E-state index in [1.54, 1.807) is 42.2 Å². The highest BCUT2D eigenvalue weighted by Gasteiger charge is 2.35. The minimum atomic E-state index is -0.410. The SMILES string of the molecule is Cc1ccc(N=C2S/C(=C/c3ccc(-c4ccc(C)c([N+](=O)[O-])c4)o3)C(=O)N2c2ccc(C)cc2)cc1. The fraction of sp³-hybridized carbons (Fsp3) is 0.103. The molecule has 37 heavy (non-hydrogen) atoms. The van der Waals surface area contributed by atoms with Crippen LogP contribution in [0.4, 0.5) is 17.1 Å².